The van der Waals surface area contributed by atoms with Crippen molar-refractivity contribution >= 4 is 17.5 Å². The number of hydrogen-bond acceptors (Lipinski definition) is 4. The van der Waals surface area contributed by atoms with Crippen LogP contribution in [-0.2, 0) is 9.59 Å². The number of rotatable bonds is 3. The molecule has 1 aromatic rings. The van der Waals surface area contributed by atoms with Gasteiger partial charge >= 0.3 is 0 Å². The number of nitrogens with two attached hydrogens (primary N) is 1. The summed E-state index contributed by atoms with van der Waals surface area (Å²) in [5.74, 6) is -0.525. The molecule has 2 amide bonds. The summed E-state index contributed by atoms with van der Waals surface area (Å²) in [6.07, 6.45) is 0.875. The molecule has 2 atom stereocenters. The van der Waals surface area contributed by atoms with Gasteiger partial charge in [-0.25, -0.2) is 0 Å². The van der Waals surface area contributed by atoms with Gasteiger partial charge in [-0.1, -0.05) is 19.1 Å². The fraction of sp³-hybridized carbons (Fsp3) is 0.429. The maximum atomic E-state index is 11.6. The molecule has 0 aromatic heterocycles. The van der Waals surface area contributed by atoms with Crippen LogP contribution in [0, 0.1) is 0 Å². The number of benzene rings is 1. The second-order valence-corrected chi connectivity index (χ2v) is 4.82. The van der Waals surface area contributed by atoms with Crippen molar-refractivity contribution < 1.29 is 9.59 Å². The third kappa shape index (κ3) is 2.76. The second kappa shape index (κ2) is 5.40. The molecule has 19 heavy (non-hydrogen) atoms. The van der Waals surface area contributed by atoms with Crippen molar-refractivity contribution in [1.29, 1.82) is 0 Å². The summed E-state index contributed by atoms with van der Waals surface area (Å²) in [5.41, 5.74) is 7.89. The Hall–Kier alpha value is -1.88. The number of nitrogens with one attached hydrogen (secondary N) is 1. The molecule has 1 saturated heterocycles. The van der Waals surface area contributed by atoms with Crippen LogP contribution in [0.2, 0.25) is 0 Å². The molecule has 0 aliphatic carbocycles. The molecule has 0 bridgehead atoms. The van der Waals surface area contributed by atoms with Crippen LogP contribution in [0.4, 0.5) is 5.69 Å². The highest BCUT2D eigenvalue weighted by atomic mass is 16.2. The van der Waals surface area contributed by atoms with Crippen LogP contribution in [-0.4, -0.2) is 24.4 Å². The lowest BCUT2D eigenvalue weighted by Crippen LogP contribution is -2.57. The van der Waals surface area contributed by atoms with Crippen LogP contribution >= 0.6 is 0 Å². The van der Waals surface area contributed by atoms with Gasteiger partial charge in [0.2, 0.25) is 11.8 Å². The van der Waals surface area contributed by atoms with Crippen molar-refractivity contribution in [3.05, 3.63) is 29.8 Å². The molecule has 1 fully saturated rings. The van der Waals surface area contributed by atoms with Gasteiger partial charge < -0.3 is 10.6 Å². The number of piperazine rings is 1. The van der Waals surface area contributed by atoms with Crippen LogP contribution < -0.4 is 16.0 Å². The van der Waals surface area contributed by atoms with Gasteiger partial charge in [0, 0.05) is 11.7 Å². The number of carbonyl (C=O) groups excluding carboxylic acids is 2. The first-order chi connectivity index (χ1) is 9.02. The molecule has 1 aliphatic heterocycles. The van der Waals surface area contributed by atoms with Crippen molar-refractivity contribution in [2.45, 2.75) is 32.4 Å². The average Bonchev–Trinajstić information content (AvgIpc) is 2.42. The second-order valence-electron chi connectivity index (χ2n) is 4.82. The van der Waals surface area contributed by atoms with Gasteiger partial charge in [-0.15, -0.1) is 0 Å². The zero-order valence-electron chi connectivity index (χ0n) is 11.2. The Morgan fingerprint density at radius 1 is 1.37 bits per heavy atom. The summed E-state index contributed by atoms with van der Waals surface area (Å²) in [7, 11) is 0. The molecule has 0 spiro atoms. The van der Waals surface area contributed by atoms with Gasteiger partial charge in [0.05, 0.1) is 6.54 Å². The quantitative estimate of drug-likeness (QED) is 0.794. The summed E-state index contributed by atoms with van der Waals surface area (Å²) >= 11 is 0. The Balaban J connectivity index is 2.21. The Morgan fingerprint density at radius 2 is 2.00 bits per heavy atom. The van der Waals surface area contributed by atoms with Crippen molar-refractivity contribution in [2.75, 3.05) is 11.4 Å². The highest BCUT2D eigenvalue weighted by Crippen LogP contribution is 2.22. The van der Waals surface area contributed by atoms with E-state index < -0.39 is 0 Å². The zero-order valence-corrected chi connectivity index (χ0v) is 11.2. The van der Waals surface area contributed by atoms with Gasteiger partial charge in [0.1, 0.15) is 6.04 Å². The lowest BCUT2D eigenvalue weighted by molar-refractivity contribution is -0.132. The molecule has 5 heteroatoms. The smallest absolute Gasteiger partial charge is 0.249 e. The number of anilines is 1. The molecule has 3 N–H and O–H groups in total. The molecule has 1 unspecified atom stereocenters. The number of imide groups is 1. The fourth-order valence-electron chi connectivity index (χ4n) is 2.18. The van der Waals surface area contributed by atoms with Gasteiger partial charge in [0.25, 0.3) is 0 Å². The normalized spacial score (nSPS) is 21.2. The van der Waals surface area contributed by atoms with E-state index >= 15 is 0 Å². The van der Waals surface area contributed by atoms with Crippen LogP contribution in [0.3, 0.4) is 0 Å². The number of hydrogen-bond donors (Lipinski definition) is 2. The topological polar surface area (TPSA) is 75.4 Å². The Bertz CT molecular complexity index is 484. The van der Waals surface area contributed by atoms with E-state index in [1.54, 1.807) is 11.8 Å². The maximum Gasteiger partial charge on any atom is 0.249 e. The number of nitrogens with zero attached hydrogens (tertiary/aromatic N) is 1. The molecule has 2 rings (SSSR count). The largest absolute Gasteiger partial charge is 0.350 e. The Labute approximate surface area is 112 Å². The Morgan fingerprint density at radius 3 is 2.58 bits per heavy atom. The van der Waals surface area contributed by atoms with Crippen LogP contribution in [0.1, 0.15) is 31.9 Å². The fourth-order valence-corrected chi connectivity index (χ4v) is 2.18. The first kappa shape index (κ1) is 13.5. The summed E-state index contributed by atoms with van der Waals surface area (Å²) in [5, 5.41) is 2.33. The predicted molar refractivity (Wildman–Crippen MR) is 73.6 cm³/mol. The Kier molecular flexibility index (Phi) is 3.85. The minimum Gasteiger partial charge on any atom is -0.350 e. The minimum absolute atomic E-state index is 0.0257. The van der Waals surface area contributed by atoms with E-state index in [1.165, 1.54) is 0 Å². The van der Waals surface area contributed by atoms with Gasteiger partial charge in [-0.05, 0) is 31.0 Å². The monoisotopic (exact) mass is 261 g/mol. The SMILES string of the molecule is CC[C@@H](N)c1ccc(N2CC(=O)NC(=O)C2C)cc1. The van der Waals surface area contributed by atoms with Gasteiger partial charge in [0.15, 0.2) is 0 Å². The van der Waals surface area contributed by atoms with E-state index in [-0.39, 0.29) is 30.4 Å². The first-order valence-corrected chi connectivity index (χ1v) is 6.48. The summed E-state index contributed by atoms with van der Waals surface area (Å²) in [6, 6.07) is 7.40. The zero-order chi connectivity index (χ0) is 14.0. The van der Waals surface area contributed by atoms with Crippen molar-refractivity contribution in [1.82, 2.24) is 5.32 Å². The highest BCUT2D eigenvalue weighted by Gasteiger charge is 2.30. The number of carbonyl (C=O) groups is 2. The predicted octanol–water partition coefficient (Wildman–Crippen LogP) is 0.948. The van der Waals surface area contributed by atoms with E-state index in [1.807, 2.05) is 31.2 Å². The standard InChI is InChI=1S/C14H19N3O2/c1-3-12(15)10-4-6-11(7-5-10)17-8-13(18)16-14(19)9(17)2/h4-7,9,12H,3,8,15H2,1-2H3,(H,16,18,19)/t9?,12-/m1/s1. The van der Waals surface area contributed by atoms with Crippen molar-refractivity contribution in [3.8, 4) is 0 Å². The van der Waals surface area contributed by atoms with Crippen molar-refractivity contribution in [3.63, 3.8) is 0 Å². The van der Waals surface area contributed by atoms with E-state index in [4.69, 9.17) is 5.73 Å². The lowest BCUT2D eigenvalue weighted by atomic mass is 10.0. The van der Waals surface area contributed by atoms with E-state index in [9.17, 15) is 9.59 Å². The highest BCUT2D eigenvalue weighted by molar-refractivity contribution is 6.04. The lowest BCUT2D eigenvalue weighted by Gasteiger charge is -2.33. The maximum absolute atomic E-state index is 11.6. The molecule has 5 nitrogen and oxygen atoms in total. The first-order valence-electron chi connectivity index (χ1n) is 6.48. The number of amides is 2. The van der Waals surface area contributed by atoms with E-state index in [0.717, 1.165) is 17.7 Å². The average molecular weight is 261 g/mol. The van der Waals surface area contributed by atoms with Gasteiger partial charge in [-0.3, -0.25) is 14.9 Å². The molecule has 1 heterocycles. The van der Waals surface area contributed by atoms with Gasteiger partial charge in [-0.2, -0.15) is 0 Å². The third-order valence-electron chi connectivity index (χ3n) is 3.52. The molecule has 102 valence electrons. The minimum atomic E-state index is -0.344. The molecular formula is C14H19N3O2. The van der Waals surface area contributed by atoms with Crippen molar-refractivity contribution in [2.24, 2.45) is 5.73 Å². The summed E-state index contributed by atoms with van der Waals surface area (Å²) in [6.45, 7) is 4.02. The van der Waals surface area contributed by atoms with Crippen LogP contribution in [0.25, 0.3) is 0 Å². The molecular weight excluding hydrogens is 242 g/mol. The third-order valence-corrected chi connectivity index (χ3v) is 3.52. The van der Waals surface area contributed by atoms with Crippen LogP contribution in [0.5, 0.6) is 0 Å². The van der Waals surface area contributed by atoms with Crippen LogP contribution in [0.15, 0.2) is 24.3 Å². The molecule has 0 radical (unpaired) electrons. The summed E-state index contributed by atoms with van der Waals surface area (Å²) < 4.78 is 0. The molecule has 0 saturated carbocycles. The van der Waals surface area contributed by atoms with E-state index in [2.05, 4.69) is 5.32 Å². The van der Waals surface area contributed by atoms with E-state index in [0.29, 0.717) is 0 Å². The molecule has 1 aliphatic rings. The summed E-state index contributed by atoms with van der Waals surface area (Å²) in [4.78, 5) is 24.8. The molecule has 1 aromatic carbocycles.